The summed E-state index contributed by atoms with van der Waals surface area (Å²) in [5.74, 6) is -0.140. The van der Waals surface area contributed by atoms with E-state index in [0.29, 0.717) is 30.2 Å². The van der Waals surface area contributed by atoms with Crippen LogP contribution in [0.3, 0.4) is 0 Å². The number of ether oxygens (including phenoxy) is 1. The Morgan fingerprint density at radius 2 is 2.14 bits per heavy atom. The summed E-state index contributed by atoms with van der Waals surface area (Å²) in [5, 5.41) is 2.96. The summed E-state index contributed by atoms with van der Waals surface area (Å²) in [5.41, 5.74) is 1.42. The second-order valence-electron chi connectivity index (χ2n) is 5.64. The number of H-pyrrole nitrogens is 1. The number of carbonyl (C=O) groups excluding carboxylic acids is 1. The molecule has 1 amide bonds. The Bertz CT molecular complexity index is 701. The Kier molecular flexibility index (Phi) is 3.65. The van der Waals surface area contributed by atoms with Crippen molar-refractivity contribution in [3.63, 3.8) is 0 Å². The fourth-order valence-corrected chi connectivity index (χ4v) is 2.57. The highest BCUT2D eigenvalue weighted by molar-refractivity contribution is 7.71. The molecule has 2 N–H and O–H groups in total. The minimum absolute atomic E-state index is 0.0420. The van der Waals surface area contributed by atoms with E-state index in [9.17, 15) is 4.79 Å². The summed E-state index contributed by atoms with van der Waals surface area (Å²) >= 11 is 5.27. The normalized spacial score (nSPS) is 16.2. The van der Waals surface area contributed by atoms with Gasteiger partial charge in [-0.25, -0.2) is 0 Å². The monoisotopic (exact) mass is 303 g/mol. The van der Waals surface area contributed by atoms with E-state index in [4.69, 9.17) is 17.0 Å². The van der Waals surface area contributed by atoms with E-state index in [1.807, 2.05) is 30.3 Å². The van der Waals surface area contributed by atoms with Crippen LogP contribution in [0.5, 0.6) is 0 Å². The van der Waals surface area contributed by atoms with Gasteiger partial charge < -0.3 is 15.0 Å². The van der Waals surface area contributed by atoms with Crippen molar-refractivity contribution in [2.45, 2.75) is 6.92 Å². The molecule has 0 aliphatic carbocycles. The molecule has 1 aromatic carbocycles. The van der Waals surface area contributed by atoms with E-state index in [0.717, 1.165) is 5.69 Å². The summed E-state index contributed by atoms with van der Waals surface area (Å²) in [6.07, 6.45) is 1.64. The highest BCUT2D eigenvalue weighted by Crippen LogP contribution is 2.25. The first-order valence-electron chi connectivity index (χ1n) is 6.81. The van der Waals surface area contributed by atoms with Crippen molar-refractivity contribution in [2.75, 3.05) is 19.8 Å². The molecule has 0 bridgehead atoms. The van der Waals surface area contributed by atoms with Gasteiger partial charge in [0.1, 0.15) is 5.69 Å². The standard InChI is InChI=1S/C15H17N3O2S/c1-15(9-20-10-15)8-17-13(19)12-7-16-14(21)18(12)11-5-3-2-4-6-11/h2-7H,8-10H2,1H3,(H,16,21)(H,17,19). The van der Waals surface area contributed by atoms with Crippen LogP contribution in [-0.4, -0.2) is 35.2 Å². The molecule has 2 aromatic rings. The Morgan fingerprint density at radius 3 is 2.76 bits per heavy atom. The van der Waals surface area contributed by atoms with E-state index in [2.05, 4.69) is 17.2 Å². The van der Waals surface area contributed by atoms with Gasteiger partial charge in [-0.15, -0.1) is 0 Å². The zero-order valence-electron chi connectivity index (χ0n) is 11.8. The minimum Gasteiger partial charge on any atom is -0.380 e. The van der Waals surface area contributed by atoms with E-state index in [1.165, 1.54) is 0 Å². The Morgan fingerprint density at radius 1 is 1.43 bits per heavy atom. The predicted octanol–water partition coefficient (Wildman–Crippen LogP) is 2.30. The quantitative estimate of drug-likeness (QED) is 0.852. The molecular weight excluding hydrogens is 286 g/mol. The molecule has 2 heterocycles. The van der Waals surface area contributed by atoms with Gasteiger partial charge in [0.05, 0.1) is 13.2 Å². The number of hydrogen-bond donors (Lipinski definition) is 2. The largest absolute Gasteiger partial charge is 0.380 e. The SMILES string of the molecule is CC1(CNC(=O)c2c[nH]c(=S)n2-c2ccccc2)COC1. The number of nitrogens with zero attached hydrogens (tertiary/aromatic N) is 1. The maximum Gasteiger partial charge on any atom is 0.269 e. The number of nitrogens with one attached hydrogen (secondary N) is 2. The van der Waals surface area contributed by atoms with Gasteiger partial charge in [-0.05, 0) is 24.4 Å². The minimum atomic E-state index is -0.140. The number of hydrogen-bond acceptors (Lipinski definition) is 3. The number of aromatic nitrogens is 2. The third kappa shape index (κ3) is 2.77. The van der Waals surface area contributed by atoms with E-state index >= 15 is 0 Å². The topological polar surface area (TPSA) is 59.0 Å². The van der Waals surface area contributed by atoms with E-state index < -0.39 is 0 Å². The van der Waals surface area contributed by atoms with E-state index in [-0.39, 0.29) is 11.3 Å². The number of amides is 1. The Labute approximate surface area is 127 Å². The number of para-hydroxylation sites is 1. The molecule has 110 valence electrons. The van der Waals surface area contributed by atoms with Crippen molar-refractivity contribution in [2.24, 2.45) is 5.41 Å². The van der Waals surface area contributed by atoms with Crippen molar-refractivity contribution in [1.29, 1.82) is 0 Å². The van der Waals surface area contributed by atoms with Gasteiger partial charge in [0.25, 0.3) is 5.91 Å². The zero-order valence-corrected chi connectivity index (χ0v) is 12.6. The predicted molar refractivity (Wildman–Crippen MR) is 82.2 cm³/mol. The first-order valence-corrected chi connectivity index (χ1v) is 7.22. The molecule has 3 rings (SSSR count). The van der Waals surface area contributed by atoms with Gasteiger partial charge in [0.15, 0.2) is 4.77 Å². The molecule has 1 saturated heterocycles. The molecule has 0 spiro atoms. The van der Waals surface area contributed by atoms with Crippen LogP contribution in [0.15, 0.2) is 36.5 Å². The molecule has 21 heavy (non-hydrogen) atoms. The molecule has 6 heteroatoms. The fraction of sp³-hybridized carbons (Fsp3) is 0.333. The highest BCUT2D eigenvalue weighted by atomic mass is 32.1. The average Bonchev–Trinajstić information content (AvgIpc) is 2.85. The lowest BCUT2D eigenvalue weighted by atomic mass is 9.89. The van der Waals surface area contributed by atoms with Crippen LogP contribution in [0.4, 0.5) is 0 Å². The highest BCUT2D eigenvalue weighted by Gasteiger charge is 2.33. The Hall–Kier alpha value is -1.92. The fourth-order valence-electron chi connectivity index (χ4n) is 2.31. The second-order valence-corrected chi connectivity index (χ2v) is 6.02. The van der Waals surface area contributed by atoms with Crippen LogP contribution in [0.2, 0.25) is 0 Å². The van der Waals surface area contributed by atoms with Gasteiger partial charge in [-0.1, -0.05) is 25.1 Å². The molecule has 1 aromatic heterocycles. The van der Waals surface area contributed by atoms with Crippen LogP contribution in [0, 0.1) is 10.2 Å². The van der Waals surface area contributed by atoms with Crippen molar-refractivity contribution in [1.82, 2.24) is 14.9 Å². The number of benzene rings is 1. The van der Waals surface area contributed by atoms with Crippen molar-refractivity contribution < 1.29 is 9.53 Å². The summed E-state index contributed by atoms with van der Waals surface area (Å²) in [4.78, 5) is 15.3. The zero-order chi connectivity index (χ0) is 14.9. The number of aromatic amines is 1. The summed E-state index contributed by atoms with van der Waals surface area (Å²) < 4.78 is 7.44. The van der Waals surface area contributed by atoms with Crippen LogP contribution >= 0.6 is 12.2 Å². The van der Waals surface area contributed by atoms with Crippen molar-refractivity contribution >= 4 is 18.1 Å². The number of carbonyl (C=O) groups is 1. The van der Waals surface area contributed by atoms with Crippen LogP contribution < -0.4 is 5.32 Å². The van der Waals surface area contributed by atoms with Gasteiger partial charge in [0.2, 0.25) is 0 Å². The van der Waals surface area contributed by atoms with Gasteiger partial charge >= 0.3 is 0 Å². The second kappa shape index (κ2) is 5.46. The molecule has 0 unspecified atom stereocenters. The molecular formula is C15H17N3O2S. The first-order chi connectivity index (χ1) is 10.1. The smallest absolute Gasteiger partial charge is 0.269 e. The number of imidazole rings is 1. The summed E-state index contributed by atoms with van der Waals surface area (Å²) in [6.45, 7) is 4.06. The molecule has 1 aliphatic rings. The lowest BCUT2D eigenvalue weighted by Crippen LogP contribution is -2.48. The van der Waals surface area contributed by atoms with Crippen LogP contribution in [-0.2, 0) is 4.74 Å². The van der Waals surface area contributed by atoms with E-state index in [1.54, 1.807) is 10.8 Å². The molecule has 0 saturated carbocycles. The molecule has 1 aliphatic heterocycles. The molecule has 0 radical (unpaired) electrons. The van der Waals surface area contributed by atoms with Gasteiger partial charge in [-0.2, -0.15) is 0 Å². The summed E-state index contributed by atoms with van der Waals surface area (Å²) in [7, 11) is 0. The van der Waals surface area contributed by atoms with Crippen LogP contribution in [0.1, 0.15) is 17.4 Å². The lowest BCUT2D eigenvalue weighted by molar-refractivity contribution is -0.0978. The third-order valence-corrected chi connectivity index (χ3v) is 3.90. The molecule has 1 fully saturated rings. The number of rotatable bonds is 4. The maximum atomic E-state index is 12.4. The van der Waals surface area contributed by atoms with Crippen LogP contribution in [0.25, 0.3) is 5.69 Å². The molecule has 0 atom stereocenters. The van der Waals surface area contributed by atoms with Crippen molar-refractivity contribution in [3.8, 4) is 5.69 Å². The van der Waals surface area contributed by atoms with Crippen molar-refractivity contribution in [3.05, 3.63) is 47.0 Å². The van der Waals surface area contributed by atoms with Gasteiger partial charge in [-0.3, -0.25) is 9.36 Å². The molecule has 5 nitrogen and oxygen atoms in total. The van der Waals surface area contributed by atoms with Gasteiger partial charge in [0, 0.05) is 23.8 Å². The maximum absolute atomic E-state index is 12.4. The third-order valence-electron chi connectivity index (χ3n) is 3.60. The average molecular weight is 303 g/mol. The summed E-state index contributed by atoms with van der Waals surface area (Å²) in [6, 6.07) is 9.59. The first kappa shape index (κ1) is 14.0. The Balaban J connectivity index is 1.82. The lowest BCUT2D eigenvalue weighted by Gasteiger charge is -2.37.